The first kappa shape index (κ1) is 14.3. The third-order valence-electron chi connectivity index (χ3n) is 3.39. The minimum Gasteiger partial charge on any atom is -0.388 e. The lowest BCUT2D eigenvalue weighted by atomic mass is 10.1. The van der Waals surface area contributed by atoms with Crippen molar-refractivity contribution in [2.45, 2.75) is 24.5 Å². The molecule has 1 aliphatic heterocycles. The molecule has 3 rings (SSSR count). The van der Waals surface area contributed by atoms with Crippen molar-refractivity contribution >= 4 is 17.1 Å². The average Bonchev–Trinajstić information content (AvgIpc) is 3.00. The second-order valence-corrected chi connectivity index (χ2v) is 4.73. The zero-order valence-corrected chi connectivity index (χ0v) is 11.1. The Labute approximate surface area is 121 Å². The summed E-state index contributed by atoms with van der Waals surface area (Å²) >= 11 is 0. The number of aliphatic hydroxyl groups is 2. The van der Waals surface area contributed by atoms with Crippen LogP contribution in [-0.2, 0) is 4.74 Å². The summed E-state index contributed by atoms with van der Waals surface area (Å²) in [6, 6.07) is 0. The third kappa shape index (κ3) is 2.16. The van der Waals surface area contributed by atoms with Crippen LogP contribution in [0.3, 0.4) is 0 Å². The molecule has 0 amide bonds. The molecule has 22 heavy (non-hydrogen) atoms. The number of nitrogen functional groups attached to an aromatic ring is 1. The number of fused-ring (bicyclic) bond motifs is 1. The van der Waals surface area contributed by atoms with E-state index < -0.39 is 30.1 Å². The van der Waals surface area contributed by atoms with Gasteiger partial charge >= 0.3 is 0 Å². The molecule has 3 heterocycles. The van der Waals surface area contributed by atoms with E-state index >= 15 is 0 Å². The summed E-state index contributed by atoms with van der Waals surface area (Å²) < 4.78 is 6.78. The minimum absolute atomic E-state index is 0.0259. The summed E-state index contributed by atoms with van der Waals surface area (Å²) in [7, 11) is 0. The number of aliphatic hydroxyl groups excluding tert-OH is 2. The molecule has 4 atom stereocenters. The number of anilines is 1. The third-order valence-corrected chi connectivity index (χ3v) is 3.39. The van der Waals surface area contributed by atoms with Gasteiger partial charge in [-0.25, -0.2) is 4.98 Å². The first-order valence-electron chi connectivity index (χ1n) is 6.27. The maximum Gasteiger partial charge on any atom is 0.280 e. The molecule has 1 fully saturated rings. The molecular formula is C10H12N8O4. The highest BCUT2D eigenvalue weighted by Crippen LogP contribution is 2.31. The van der Waals surface area contributed by atoms with Crippen LogP contribution in [0.1, 0.15) is 6.23 Å². The summed E-state index contributed by atoms with van der Waals surface area (Å²) in [4.78, 5) is 24.5. The van der Waals surface area contributed by atoms with Crippen molar-refractivity contribution in [3.8, 4) is 0 Å². The molecule has 12 nitrogen and oxygen atoms in total. The van der Waals surface area contributed by atoms with E-state index in [1.54, 1.807) is 0 Å². The van der Waals surface area contributed by atoms with Crippen LogP contribution in [0.4, 0.5) is 5.95 Å². The fraction of sp³-hybridized carbons (Fsp3) is 0.500. The van der Waals surface area contributed by atoms with E-state index in [-0.39, 0.29) is 23.7 Å². The number of nitrogens with two attached hydrogens (primary N) is 1. The molecule has 0 bridgehead atoms. The standard InChI is InChI=1S/C10H12N8O4/c11-10-15-7-4(8(21)16-10)13-2-18(7)9-6(20)5(19)3(22-9)1-14-17-12/h2-3,5-6,9,19-20H,1H2,(H3,11,15,16,21)/t3-,5+,6-,9-/m0/s1. The summed E-state index contributed by atoms with van der Waals surface area (Å²) in [5.74, 6) is -0.113. The molecule has 0 saturated carbocycles. The van der Waals surface area contributed by atoms with E-state index in [0.29, 0.717) is 0 Å². The molecule has 0 unspecified atom stereocenters. The van der Waals surface area contributed by atoms with Gasteiger partial charge in [0.1, 0.15) is 12.2 Å². The number of aromatic nitrogens is 4. The SMILES string of the molecule is [N-]=[N+]=NC[C@@H]1O[C@H](n2cnc3c(=O)[nH]c(N)nc32)[C@@H](O)[C@@H]1O. The number of hydrogen-bond donors (Lipinski definition) is 4. The quantitative estimate of drug-likeness (QED) is 0.305. The molecule has 0 aliphatic carbocycles. The van der Waals surface area contributed by atoms with Crippen molar-refractivity contribution in [2.24, 2.45) is 5.11 Å². The second kappa shape index (κ2) is 5.27. The Hall–Kier alpha value is -2.66. The number of aromatic amines is 1. The van der Waals surface area contributed by atoms with Crippen LogP contribution in [0.15, 0.2) is 16.2 Å². The Balaban J connectivity index is 2.01. The Kier molecular flexibility index (Phi) is 3.42. The smallest absolute Gasteiger partial charge is 0.280 e. The maximum atomic E-state index is 11.7. The van der Waals surface area contributed by atoms with Crippen LogP contribution in [0.5, 0.6) is 0 Å². The van der Waals surface area contributed by atoms with E-state index in [1.165, 1.54) is 10.9 Å². The number of ether oxygens (including phenoxy) is 1. The van der Waals surface area contributed by atoms with Gasteiger partial charge in [-0.3, -0.25) is 14.3 Å². The van der Waals surface area contributed by atoms with Crippen molar-refractivity contribution in [1.82, 2.24) is 19.5 Å². The van der Waals surface area contributed by atoms with Gasteiger partial charge in [0.15, 0.2) is 17.4 Å². The van der Waals surface area contributed by atoms with Gasteiger partial charge in [-0.1, -0.05) is 5.11 Å². The zero-order chi connectivity index (χ0) is 15.9. The predicted molar refractivity (Wildman–Crippen MR) is 72.5 cm³/mol. The van der Waals surface area contributed by atoms with Gasteiger partial charge in [0.25, 0.3) is 5.56 Å². The molecule has 116 valence electrons. The lowest BCUT2D eigenvalue weighted by Crippen LogP contribution is -2.32. The van der Waals surface area contributed by atoms with Crippen molar-refractivity contribution in [3.05, 3.63) is 27.1 Å². The molecule has 2 aromatic rings. The fourth-order valence-corrected chi connectivity index (χ4v) is 2.36. The first-order valence-corrected chi connectivity index (χ1v) is 6.27. The first-order chi connectivity index (χ1) is 10.5. The van der Waals surface area contributed by atoms with E-state index in [1.807, 2.05) is 0 Å². The Morgan fingerprint density at radius 2 is 2.32 bits per heavy atom. The van der Waals surface area contributed by atoms with Crippen LogP contribution < -0.4 is 11.3 Å². The van der Waals surface area contributed by atoms with Crippen LogP contribution >= 0.6 is 0 Å². The van der Waals surface area contributed by atoms with E-state index in [0.717, 1.165) is 0 Å². The lowest BCUT2D eigenvalue weighted by molar-refractivity contribution is -0.0321. The van der Waals surface area contributed by atoms with Crippen molar-refractivity contribution < 1.29 is 14.9 Å². The molecule has 12 heteroatoms. The molecule has 5 N–H and O–H groups in total. The lowest BCUT2D eigenvalue weighted by Gasteiger charge is -2.16. The number of nitrogens with zero attached hydrogens (tertiary/aromatic N) is 6. The van der Waals surface area contributed by atoms with Gasteiger partial charge in [0.05, 0.1) is 19.0 Å². The number of H-pyrrole nitrogens is 1. The molecule has 1 aliphatic rings. The van der Waals surface area contributed by atoms with Crippen LogP contribution in [0.25, 0.3) is 21.6 Å². The van der Waals surface area contributed by atoms with E-state index in [4.69, 9.17) is 16.0 Å². The normalized spacial score (nSPS) is 27.9. The monoisotopic (exact) mass is 308 g/mol. The Bertz CT molecular complexity index is 809. The second-order valence-electron chi connectivity index (χ2n) is 4.73. The van der Waals surface area contributed by atoms with E-state index in [9.17, 15) is 15.0 Å². The zero-order valence-electron chi connectivity index (χ0n) is 11.1. The summed E-state index contributed by atoms with van der Waals surface area (Å²) in [6.45, 7) is -0.145. The molecular weight excluding hydrogens is 296 g/mol. The maximum absolute atomic E-state index is 11.7. The van der Waals surface area contributed by atoms with Crippen LogP contribution in [0.2, 0.25) is 0 Å². The van der Waals surface area contributed by atoms with Gasteiger partial charge in [-0.05, 0) is 5.53 Å². The van der Waals surface area contributed by atoms with Crippen LogP contribution in [0, 0.1) is 0 Å². The summed E-state index contributed by atoms with van der Waals surface area (Å²) in [6.07, 6.45) is -3.23. The van der Waals surface area contributed by atoms with Gasteiger partial charge in [0.2, 0.25) is 5.95 Å². The number of hydrogen-bond acceptors (Lipinski definition) is 8. The number of nitrogens with one attached hydrogen (secondary N) is 1. The highest BCUT2D eigenvalue weighted by molar-refractivity contribution is 5.70. The highest BCUT2D eigenvalue weighted by Gasteiger charge is 2.43. The number of rotatable bonds is 3. The molecule has 2 aromatic heterocycles. The summed E-state index contributed by atoms with van der Waals surface area (Å²) in [5, 5.41) is 23.3. The highest BCUT2D eigenvalue weighted by atomic mass is 16.6. The number of imidazole rings is 1. The molecule has 1 saturated heterocycles. The Morgan fingerprint density at radius 3 is 3.05 bits per heavy atom. The van der Waals surface area contributed by atoms with Crippen molar-refractivity contribution in [3.63, 3.8) is 0 Å². The number of azide groups is 1. The average molecular weight is 308 g/mol. The summed E-state index contributed by atoms with van der Waals surface area (Å²) in [5.41, 5.74) is 13.4. The van der Waals surface area contributed by atoms with Gasteiger partial charge in [0, 0.05) is 4.91 Å². The predicted octanol–water partition coefficient (Wildman–Crippen LogP) is -1.37. The fourth-order valence-electron chi connectivity index (χ4n) is 2.36. The molecule has 0 aromatic carbocycles. The largest absolute Gasteiger partial charge is 0.388 e. The molecule has 0 spiro atoms. The minimum atomic E-state index is -1.31. The van der Waals surface area contributed by atoms with Crippen molar-refractivity contribution in [1.29, 1.82) is 0 Å². The topological polar surface area (TPSA) is 188 Å². The van der Waals surface area contributed by atoms with Gasteiger partial charge in [-0.15, -0.1) is 0 Å². The van der Waals surface area contributed by atoms with Gasteiger partial charge in [-0.2, -0.15) is 4.98 Å². The van der Waals surface area contributed by atoms with Crippen LogP contribution in [-0.4, -0.2) is 54.6 Å². The molecule has 0 radical (unpaired) electrons. The van der Waals surface area contributed by atoms with E-state index in [2.05, 4.69) is 25.0 Å². The Morgan fingerprint density at radius 1 is 1.55 bits per heavy atom. The van der Waals surface area contributed by atoms with Crippen molar-refractivity contribution in [2.75, 3.05) is 12.3 Å². The van der Waals surface area contributed by atoms with Gasteiger partial charge < -0.3 is 20.7 Å².